The summed E-state index contributed by atoms with van der Waals surface area (Å²) in [5.74, 6) is 1.24. The number of rotatable bonds is 4. The van der Waals surface area contributed by atoms with Crippen molar-refractivity contribution in [2.75, 3.05) is 11.6 Å². The summed E-state index contributed by atoms with van der Waals surface area (Å²) in [5.41, 5.74) is 8.00. The van der Waals surface area contributed by atoms with E-state index in [9.17, 15) is 5.26 Å². The van der Waals surface area contributed by atoms with E-state index in [2.05, 4.69) is 35.2 Å². The van der Waals surface area contributed by atoms with Crippen LogP contribution >= 0.6 is 0 Å². The Morgan fingerprint density at radius 2 is 2.07 bits per heavy atom. The third-order valence-corrected chi connectivity index (χ3v) is 4.83. The molecule has 2 aliphatic rings. The second kappa shape index (κ2) is 7.93. The first kappa shape index (κ1) is 18.4. The van der Waals surface area contributed by atoms with Crippen LogP contribution in [0.25, 0.3) is 5.76 Å². The van der Waals surface area contributed by atoms with Gasteiger partial charge < -0.3 is 14.9 Å². The molecule has 2 aromatic carbocycles. The number of aryl methyl sites for hydroxylation is 1. The van der Waals surface area contributed by atoms with Gasteiger partial charge in [0.1, 0.15) is 11.8 Å². The van der Waals surface area contributed by atoms with E-state index in [1.165, 1.54) is 11.1 Å². The summed E-state index contributed by atoms with van der Waals surface area (Å²) >= 11 is 0. The molecule has 0 unspecified atom stereocenters. The van der Waals surface area contributed by atoms with Crippen molar-refractivity contribution in [3.63, 3.8) is 0 Å². The number of benzene rings is 2. The SMILES string of the molecule is CC(C)Oc1ccc(C2=CN(c3ccc4c(c3)CCCNC4)NO2)cc1C#N. The van der Waals surface area contributed by atoms with E-state index >= 15 is 0 Å². The summed E-state index contributed by atoms with van der Waals surface area (Å²) in [6.45, 7) is 5.85. The van der Waals surface area contributed by atoms with E-state index in [0.717, 1.165) is 37.2 Å². The Hall–Kier alpha value is -3.01. The summed E-state index contributed by atoms with van der Waals surface area (Å²) in [6.07, 6.45) is 4.13. The number of anilines is 1. The van der Waals surface area contributed by atoms with Crippen LogP contribution in [-0.2, 0) is 17.8 Å². The largest absolute Gasteiger partial charge is 0.490 e. The van der Waals surface area contributed by atoms with Crippen LogP contribution < -0.4 is 20.7 Å². The fraction of sp³-hybridized carbons (Fsp3) is 0.318. The molecular weight excluding hydrogens is 352 g/mol. The van der Waals surface area contributed by atoms with Gasteiger partial charge in [0.15, 0.2) is 5.76 Å². The first-order valence-electron chi connectivity index (χ1n) is 9.61. The Kier molecular flexibility index (Phi) is 5.20. The van der Waals surface area contributed by atoms with Crippen LogP contribution in [-0.4, -0.2) is 12.6 Å². The number of hydrazine groups is 1. The van der Waals surface area contributed by atoms with Crippen molar-refractivity contribution < 1.29 is 9.57 Å². The van der Waals surface area contributed by atoms with Gasteiger partial charge in [-0.1, -0.05) is 11.7 Å². The van der Waals surface area contributed by atoms with Gasteiger partial charge in [0.05, 0.1) is 23.6 Å². The Morgan fingerprint density at radius 3 is 2.89 bits per heavy atom. The summed E-state index contributed by atoms with van der Waals surface area (Å²) in [4.78, 5) is 5.67. The van der Waals surface area contributed by atoms with E-state index in [1.54, 1.807) is 6.07 Å². The molecule has 144 valence electrons. The maximum atomic E-state index is 9.44. The van der Waals surface area contributed by atoms with Crippen molar-refractivity contribution in [3.05, 3.63) is 64.9 Å². The average Bonchev–Trinajstić information content (AvgIpc) is 3.07. The molecule has 0 radical (unpaired) electrons. The predicted molar refractivity (Wildman–Crippen MR) is 108 cm³/mol. The van der Waals surface area contributed by atoms with Gasteiger partial charge in [-0.3, -0.25) is 0 Å². The Morgan fingerprint density at radius 1 is 1.18 bits per heavy atom. The number of fused-ring (bicyclic) bond motifs is 1. The Labute approximate surface area is 165 Å². The minimum Gasteiger partial charge on any atom is -0.490 e. The summed E-state index contributed by atoms with van der Waals surface area (Å²) < 4.78 is 5.69. The highest BCUT2D eigenvalue weighted by Gasteiger charge is 2.19. The molecule has 0 amide bonds. The van der Waals surface area contributed by atoms with Gasteiger partial charge in [-0.15, -0.1) is 0 Å². The molecule has 0 aromatic heterocycles. The molecule has 28 heavy (non-hydrogen) atoms. The van der Waals surface area contributed by atoms with Gasteiger partial charge in [0, 0.05) is 12.1 Å². The second-order valence-electron chi connectivity index (χ2n) is 7.28. The molecule has 4 rings (SSSR count). The smallest absolute Gasteiger partial charge is 0.174 e. The normalized spacial score (nSPS) is 16.1. The van der Waals surface area contributed by atoms with E-state index in [-0.39, 0.29) is 6.10 Å². The molecule has 0 aliphatic carbocycles. The van der Waals surface area contributed by atoms with Crippen molar-refractivity contribution in [1.82, 2.24) is 10.9 Å². The number of nitrogens with one attached hydrogen (secondary N) is 2. The third-order valence-electron chi connectivity index (χ3n) is 4.83. The molecule has 0 spiro atoms. The van der Waals surface area contributed by atoms with E-state index in [4.69, 9.17) is 9.57 Å². The molecule has 2 aromatic rings. The lowest BCUT2D eigenvalue weighted by Crippen LogP contribution is -2.27. The zero-order valence-electron chi connectivity index (χ0n) is 16.2. The standard InChI is InChI=1S/C22H24N4O2/c1-15(2)27-21-8-6-17(10-19(21)12-23)22-14-26(25-28-22)20-7-5-18-13-24-9-3-4-16(18)11-20/h5-8,10-11,14-15,24-25H,3-4,9,13H2,1-2H3. The van der Waals surface area contributed by atoms with Crippen LogP contribution in [0.4, 0.5) is 5.69 Å². The Balaban J connectivity index is 1.58. The minimum atomic E-state index is 0.0143. The highest BCUT2D eigenvalue weighted by Crippen LogP contribution is 2.29. The van der Waals surface area contributed by atoms with Gasteiger partial charge in [0.2, 0.25) is 0 Å². The van der Waals surface area contributed by atoms with Crippen molar-refractivity contribution >= 4 is 11.4 Å². The van der Waals surface area contributed by atoms with E-state index in [1.807, 2.05) is 37.2 Å². The lowest BCUT2D eigenvalue weighted by Gasteiger charge is -2.16. The molecule has 0 fully saturated rings. The molecule has 0 saturated carbocycles. The topological polar surface area (TPSA) is 69.6 Å². The predicted octanol–water partition coefficient (Wildman–Crippen LogP) is 3.64. The molecule has 6 nitrogen and oxygen atoms in total. The summed E-state index contributed by atoms with van der Waals surface area (Å²) in [6, 6.07) is 14.2. The molecule has 0 bridgehead atoms. The summed E-state index contributed by atoms with van der Waals surface area (Å²) in [7, 11) is 0. The van der Waals surface area contributed by atoms with Gasteiger partial charge in [-0.05, 0) is 74.7 Å². The van der Waals surface area contributed by atoms with Crippen molar-refractivity contribution in [2.45, 2.75) is 39.3 Å². The van der Waals surface area contributed by atoms with Gasteiger partial charge in [0.25, 0.3) is 0 Å². The fourth-order valence-corrected chi connectivity index (χ4v) is 3.45. The summed E-state index contributed by atoms with van der Waals surface area (Å²) in [5, 5.41) is 14.7. The van der Waals surface area contributed by atoms with Crippen LogP contribution in [0.1, 0.15) is 42.5 Å². The molecule has 0 atom stereocenters. The van der Waals surface area contributed by atoms with Gasteiger partial charge in [-0.25, -0.2) is 5.01 Å². The molecule has 0 saturated heterocycles. The highest BCUT2D eigenvalue weighted by molar-refractivity contribution is 5.68. The maximum absolute atomic E-state index is 9.44. The maximum Gasteiger partial charge on any atom is 0.174 e. The number of hydrogen-bond donors (Lipinski definition) is 2. The number of nitrogens with zero attached hydrogens (tertiary/aromatic N) is 2. The first-order chi connectivity index (χ1) is 13.6. The van der Waals surface area contributed by atoms with Crippen molar-refractivity contribution in [1.29, 1.82) is 5.26 Å². The second-order valence-corrected chi connectivity index (χ2v) is 7.28. The molecular formula is C22H24N4O2. The zero-order valence-corrected chi connectivity index (χ0v) is 16.2. The minimum absolute atomic E-state index is 0.0143. The molecule has 6 heteroatoms. The lowest BCUT2D eigenvalue weighted by molar-refractivity contribution is 0.180. The molecule has 2 aliphatic heterocycles. The Bertz CT molecular complexity index is 946. The van der Waals surface area contributed by atoms with Crippen LogP contribution in [0.5, 0.6) is 5.75 Å². The quantitative estimate of drug-likeness (QED) is 0.849. The number of hydrogen-bond acceptors (Lipinski definition) is 6. The number of ether oxygens (including phenoxy) is 1. The first-order valence-corrected chi connectivity index (χ1v) is 9.61. The third kappa shape index (κ3) is 3.81. The van der Waals surface area contributed by atoms with E-state index < -0.39 is 0 Å². The monoisotopic (exact) mass is 376 g/mol. The molecule has 2 N–H and O–H groups in total. The fourth-order valence-electron chi connectivity index (χ4n) is 3.45. The molecule has 2 heterocycles. The van der Waals surface area contributed by atoms with Crippen LogP contribution in [0.2, 0.25) is 0 Å². The van der Waals surface area contributed by atoms with Crippen molar-refractivity contribution in [3.8, 4) is 11.8 Å². The van der Waals surface area contributed by atoms with E-state index in [0.29, 0.717) is 17.1 Å². The van der Waals surface area contributed by atoms with Crippen LogP contribution in [0, 0.1) is 11.3 Å². The van der Waals surface area contributed by atoms with Gasteiger partial charge in [-0.2, -0.15) is 5.26 Å². The lowest BCUT2D eigenvalue weighted by atomic mass is 10.0. The van der Waals surface area contributed by atoms with Gasteiger partial charge >= 0.3 is 0 Å². The van der Waals surface area contributed by atoms with Crippen molar-refractivity contribution in [2.24, 2.45) is 0 Å². The zero-order chi connectivity index (χ0) is 19.5. The average molecular weight is 376 g/mol. The number of nitriles is 1. The highest BCUT2D eigenvalue weighted by atomic mass is 16.7. The van der Waals surface area contributed by atoms with Crippen LogP contribution in [0.15, 0.2) is 42.6 Å². The van der Waals surface area contributed by atoms with Crippen LogP contribution in [0.3, 0.4) is 0 Å².